The summed E-state index contributed by atoms with van der Waals surface area (Å²) in [5.41, 5.74) is 1.46. The van der Waals surface area contributed by atoms with Crippen molar-refractivity contribution in [1.82, 2.24) is 10.4 Å². The first kappa shape index (κ1) is 17.5. The minimum Gasteiger partial charge on any atom is -0.466 e. The predicted octanol–water partition coefficient (Wildman–Crippen LogP) is 2.54. The lowest BCUT2D eigenvalue weighted by Crippen LogP contribution is -2.69. The van der Waals surface area contributed by atoms with Gasteiger partial charge in [-0.25, -0.2) is 9.78 Å². The second-order valence-corrected chi connectivity index (χ2v) is 4.70. The van der Waals surface area contributed by atoms with Crippen LogP contribution in [0, 0.1) is 0 Å². The van der Waals surface area contributed by atoms with Crippen molar-refractivity contribution in [2.24, 2.45) is 0 Å². The first-order chi connectivity index (χ1) is 11.4. The molecule has 128 valence electrons. The van der Waals surface area contributed by atoms with Crippen LogP contribution in [0.1, 0.15) is 0 Å². The first-order valence-electron chi connectivity index (χ1n) is 6.81. The Morgan fingerprint density at radius 3 is 2.29 bits per heavy atom. The molecule has 24 heavy (non-hydrogen) atoms. The van der Waals surface area contributed by atoms with Crippen LogP contribution in [0.25, 0.3) is 0 Å². The Labute approximate surface area is 136 Å². The van der Waals surface area contributed by atoms with Crippen molar-refractivity contribution in [3.63, 3.8) is 0 Å². The minimum atomic E-state index is -5.03. The number of halogens is 3. The molecule has 0 saturated carbocycles. The lowest BCUT2D eigenvalue weighted by molar-refractivity contribution is -0.204. The van der Waals surface area contributed by atoms with Gasteiger partial charge in [0, 0.05) is 11.9 Å². The summed E-state index contributed by atoms with van der Waals surface area (Å²) in [6.07, 6.45) is -3.73. The molecule has 3 N–H and O–H groups in total. The predicted molar refractivity (Wildman–Crippen MR) is 81.9 cm³/mol. The van der Waals surface area contributed by atoms with Gasteiger partial charge in [0.05, 0.1) is 7.11 Å². The van der Waals surface area contributed by atoms with Gasteiger partial charge in [-0.1, -0.05) is 24.3 Å². The normalized spacial score (nSPS) is 13.7. The third-order valence-corrected chi connectivity index (χ3v) is 3.07. The molecule has 0 saturated heterocycles. The Kier molecular flexibility index (Phi) is 5.24. The van der Waals surface area contributed by atoms with Gasteiger partial charge in [0.2, 0.25) is 0 Å². The number of esters is 1. The van der Waals surface area contributed by atoms with E-state index >= 15 is 0 Å². The topological polar surface area (TPSA) is 75.3 Å². The Hall–Kier alpha value is -2.81. The number of methoxy groups -OCH3 is 1. The van der Waals surface area contributed by atoms with Gasteiger partial charge in [0.15, 0.2) is 0 Å². The standard InChI is InChI=1S/C15H15F3N4O2/c1-24-13(23)14(15(16,17)18,20-12-9-5-6-10-19-12)22-21-11-7-3-2-4-8-11/h2-10,21-22H,1H3,(H,19,20). The fourth-order valence-electron chi connectivity index (χ4n) is 1.86. The summed E-state index contributed by atoms with van der Waals surface area (Å²) >= 11 is 0. The Balaban J connectivity index is 2.36. The van der Waals surface area contributed by atoms with E-state index in [0.29, 0.717) is 5.69 Å². The molecule has 2 rings (SSSR count). The lowest BCUT2D eigenvalue weighted by Gasteiger charge is -2.35. The van der Waals surface area contributed by atoms with Gasteiger partial charge in [-0.15, -0.1) is 0 Å². The molecule has 0 radical (unpaired) electrons. The molecule has 6 nitrogen and oxygen atoms in total. The molecule has 0 spiro atoms. The number of hydrogen-bond donors (Lipinski definition) is 3. The van der Waals surface area contributed by atoms with Crippen LogP contribution in [0.5, 0.6) is 0 Å². The van der Waals surface area contributed by atoms with Crippen LogP contribution in [0.4, 0.5) is 24.7 Å². The van der Waals surface area contributed by atoms with Gasteiger partial charge < -0.3 is 15.5 Å². The monoisotopic (exact) mass is 340 g/mol. The number of aromatic nitrogens is 1. The smallest absolute Gasteiger partial charge is 0.438 e. The third-order valence-electron chi connectivity index (χ3n) is 3.07. The number of ether oxygens (including phenoxy) is 1. The van der Waals surface area contributed by atoms with Gasteiger partial charge in [-0.2, -0.15) is 18.6 Å². The zero-order valence-corrected chi connectivity index (χ0v) is 12.6. The number of anilines is 2. The summed E-state index contributed by atoms with van der Waals surface area (Å²) in [5.74, 6) is -1.72. The third kappa shape index (κ3) is 3.74. The average molecular weight is 340 g/mol. The molecule has 0 fully saturated rings. The SMILES string of the molecule is COC(=O)C(NNc1ccccc1)(Nc1ccccn1)C(F)(F)F. The number of benzene rings is 1. The van der Waals surface area contributed by atoms with Crippen LogP contribution in [0.3, 0.4) is 0 Å². The van der Waals surface area contributed by atoms with Crippen LogP contribution in [-0.2, 0) is 9.53 Å². The van der Waals surface area contributed by atoms with E-state index in [1.54, 1.807) is 18.2 Å². The average Bonchev–Trinajstić information content (AvgIpc) is 2.58. The van der Waals surface area contributed by atoms with E-state index in [2.05, 4.69) is 20.5 Å². The molecule has 1 unspecified atom stereocenters. The maximum Gasteiger partial charge on any atom is 0.438 e. The zero-order valence-electron chi connectivity index (χ0n) is 12.6. The van der Waals surface area contributed by atoms with E-state index < -0.39 is 17.8 Å². The molecule has 0 aliphatic carbocycles. The number of nitrogens with zero attached hydrogens (tertiary/aromatic N) is 1. The van der Waals surface area contributed by atoms with Crippen molar-refractivity contribution in [3.05, 3.63) is 54.7 Å². The molecule has 0 aliphatic rings. The highest BCUT2D eigenvalue weighted by Crippen LogP contribution is 2.32. The summed E-state index contributed by atoms with van der Waals surface area (Å²) < 4.78 is 45.5. The maximum atomic E-state index is 13.7. The molecule has 1 aromatic carbocycles. The second-order valence-electron chi connectivity index (χ2n) is 4.70. The molecular formula is C15H15F3N4O2. The van der Waals surface area contributed by atoms with E-state index in [1.807, 2.05) is 5.43 Å². The zero-order chi connectivity index (χ0) is 17.6. The van der Waals surface area contributed by atoms with Crippen LogP contribution in [0.15, 0.2) is 54.7 Å². The van der Waals surface area contributed by atoms with Crippen molar-refractivity contribution in [2.75, 3.05) is 17.9 Å². The van der Waals surface area contributed by atoms with Crippen molar-refractivity contribution in [1.29, 1.82) is 0 Å². The van der Waals surface area contributed by atoms with Crippen LogP contribution < -0.4 is 16.2 Å². The van der Waals surface area contributed by atoms with Crippen LogP contribution in [0.2, 0.25) is 0 Å². The van der Waals surface area contributed by atoms with Crippen molar-refractivity contribution in [3.8, 4) is 0 Å². The molecular weight excluding hydrogens is 325 g/mol. The molecule has 9 heteroatoms. The van der Waals surface area contributed by atoms with Crippen LogP contribution in [-0.4, -0.2) is 29.9 Å². The Morgan fingerprint density at radius 2 is 1.75 bits per heavy atom. The lowest BCUT2D eigenvalue weighted by atomic mass is 10.1. The Morgan fingerprint density at radius 1 is 1.08 bits per heavy atom. The molecule has 0 amide bonds. The minimum absolute atomic E-state index is 0.150. The number of nitrogens with one attached hydrogen (secondary N) is 3. The summed E-state index contributed by atoms with van der Waals surface area (Å²) in [6, 6.07) is 12.3. The number of rotatable bonds is 6. The van der Waals surface area contributed by atoms with Crippen LogP contribution >= 0.6 is 0 Å². The number of para-hydroxylation sites is 1. The summed E-state index contributed by atoms with van der Waals surface area (Å²) in [6.45, 7) is 0. The molecule has 1 heterocycles. The summed E-state index contributed by atoms with van der Waals surface area (Å²) in [5, 5.41) is 2.07. The molecule has 1 atom stereocenters. The van der Waals surface area contributed by atoms with Gasteiger partial charge in [0.1, 0.15) is 5.82 Å². The number of pyridine rings is 1. The first-order valence-corrected chi connectivity index (χ1v) is 6.81. The quantitative estimate of drug-likeness (QED) is 0.426. The maximum absolute atomic E-state index is 13.7. The van der Waals surface area contributed by atoms with E-state index in [9.17, 15) is 18.0 Å². The van der Waals surface area contributed by atoms with Gasteiger partial charge in [-0.05, 0) is 24.3 Å². The summed E-state index contributed by atoms with van der Waals surface area (Å²) in [4.78, 5) is 15.7. The molecule has 1 aromatic heterocycles. The number of carbonyl (C=O) groups excluding carboxylic acids is 1. The van der Waals surface area contributed by atoms with E-state index in [1.165, 1.54) is 36.5 Å². The van der Waals surface area contributed by atoms with E-state index in [4.69, 9.17) is 0 Å². The second kappa shape index (κ2) is 7.18. The summed E-state index contributed by atoms with van der Waals surface area (Å²) in [7, 11) is 0.868. The van der Waals surface area contributed by atoms with Crippen molar-refractivity contribution < 1.29 is 22.7 Å². The van der Waals surface area contributed by atoms with E-state index in [0.717, 1.165) is 7.11 Å². The fourth-order valence-corrected chi connectivity index (χ4v) is 1.86. The number of hydrogen-bond acceptors (Lipinski definition) is 6. The molecule has 0 aliphatic heterocycles. The highest BCUT2D eigenvalue weighted by atomic mass is 19.4. The fraction of sp³-hybridized carbons (Fsp3) is 0.200. The molecule has 2 aromatic rings. The van der Waals surface area contributed by atoms with Crippen molar-refractivity contribution >= 4 is 17.5 Å². The Bertz CT molecular complexity index is 667. The number of carbonyl (C=O) groups is 1. The van der Waals surface area contributed by atoms with Gasteiger partial charge >= 0.3 is 17.8 Å². The van der Waals surface area contributed by atoms with Gasteiger partial charge in [0.25, 0.3) is 0 Å². The number of alkyl halides is 3. The highest BCUT2D eigenvalue weighted by molar-refractivity contribution is 5.85. The van der Waals surface area contributed by atoms with Gasteiger partial charge in [-0.3, -0.25) is 0 Å². The highest BCUT2D eigenvalue weighted by Gasteiger charge is 2.63. The van der Waals surface area contributed by atoms with E-state index in [-0.39, 0.29) is 5.82 Å². The largest absolute Gasteiger partial charge is 0.466 e. The van der Waals surface area contributed by atoms with Crippen molar-refractivity contribution in [2.45, 2.75) is 11.8 Å². The molecule has 0 bridgehead atoms. The number of hydrazine groups is 1.